The summed E-state index contributed by atoms with van der Waals surface area (Å²) in [5.41, 5.74) is -4.24. The summed E-state index contributed by atoms with van der Waals surface area (Å²) in [6.45, 7) is 6.33. The fourth-order valence-electron chi connectivity index (χ4n) is 5.67. The zero-order valence-corrected chi connectivity index (χ0v) is 25.7. The molecule has 2 amide bonds. The highest BCUT2D eigenvalue weighted by Gasteiger charge is 2.37. The number of amides is 2. The van der Waals surface area contributed by atoms with Gasteiger partial charge in [0, 0.05) is 62.0 Å². The second-order valence-electron chi connectivity index (χ2n) is 11.3. The monoisotopic (exact) mass is 650 g/mol. The van der Waals surface area contributed by atoms with E-state index in [-0.39, 0.29) is 54.6 Å². The van der Waals surface area contributed by atoms with Gasteiger partial charge < -0.3 is 20.1 Å². The minimum atomic E-state index is -5.06. The Morgan fingerprint density at radius 3 is 2.44 bits per heavy atom. The molecule has 2 unspecified atom stereocenters. The molecule has 2 atom stereocenters. The van der Waals surface area contributed by atoms with E-state index in [0.29, 0.717) is 24.3 Å². The summed E-state index contributed by atoms with van der Waals surface area (Å²) in [6.07, 6.45) is -2.58. The quantitative estimate of drug-likeness (QED) is 0.371. The van der Waals surface area contributed by atoms with Gasteiger partial charge in [-0.3, -0.25) is 19.3 Å². The highest BCUT2D eigenvalue weighted by atomic mass is 32.1. The number of aromatic amines is 1. The predicted molar refractivity (Wildman–Crippen MR) is 161 cm³/mol. The summed E-state index contributed by atoms with van der Waals surface area (Å²) >= 11 is 1.29. The van der Waals surface area contributed by atoms with Crippen molar-refractivity contribution in [2.75, 3.05) is 43.4 Å². The Balaban J connectivity index is 1.58. The maximum Gasteiger partial charge on any atom is 0.417 e. The molecule has 45 heavy (non-hydrogen) atoms. The van der Waals surface area contributed by atoms with Gasteiger partial charge in [-0.25, -0.2) is 13.8 Å². The third-order valence-corrected chi connectivity index (χ3v) is 8.98. The van der Waals surface area contributed by atoms with E-state index in [9.17, 15) is 27.6 Å². The van der Waals surface area contributed by atoms with E-state index in [1.807, 2.05) is 20.9 Å². The van der Waals surface area contributed by atoms with Crippen LogP contribution < -0.4 is 15.8 Å². The van der Waals surface area contributed by atoms with Gasteiger partial charge in [0.05, 0.1) is 27.4 Å². The molecule has 2 N–H and O–H groups in total. The summed E-state index contributed by atoms with van der Waals surface area (Å²) in [5, 5.41) is 4.54. The standard InChI is InChI=1S/C30H31F5N6O3S/c1-15-11-41(12-16(2)39(15)4)23-9-21(31)25(18-6-5-7-40(13-18)29(44)22-14-45-17(3)37-22)26(32)27(23)38-28(43)19-10-36-24(42)8-20(19)30(33,34)35/h6,8-10,14-16H,5,7,11-13H2,1-4H3,(H,36,42)(H,38,43). The maximum atomic E-state index is 16.6. The number of aryl methyl sites for hydroxylation is 1. The number of rotatable bonds is 5. The van der Waals surface area contributed by atoms with Gasteiger partial charge in [-0.1, -0.05) is 6.08 Å². The van der Waals surface area contributed by atoms with Crippen LogP contribution in [0.2, 0.25) is 0 Å². The molecule has 0 radical (unpaired) electrons. The number of carbonyl (C=O) groups excluding carboxylic acids is 2. The van der Waals surface area contributed by atoms with Crippen molar-refractivity contribution < 1.29 is 31.5 Å². The summed E-state index contributed by atoms with van der Waals surface area (Å²) in [4.78, 5) is 49.5. The third-order valence-electron chi connectivity index (χ3n) is 8.21. The van der Waals surface area contributed by atoms with Crippen LogP contribution in [0.15, 0.2) is 34.6 Å². The van der Waals surface area contributed by atoms with Crippen molar-refractivity contribution in [3.63, 3.8) is 0 Å². The highest BCUT2D eigenvalue weighted by molar-refractivity contribution is 7.09. The van der Waals surface area contributed by atoms with Crippen LogP contribution in [0.1, 0.15) is 57.2 Å². The SMILES string of the molecule is Cc1nc(C(=O)N2CCC=C(c3c(F)cc(N4CC(C)N(C)C(C)C4)c(NC(=O)c4c[nH]c(=O)cc4C(F)(F)F)c3F)C2)cs1. The van der Waals surface area contributed by atoms with Gasteiger partial charge in [-0.15, -0.1) is 11.3 Å². The molecule has 4 heterocycles. The second kappa shape index (κ2) is 12.4. The van der Waals surface area contributed by atoms with E-state index in [1.165, 1.54) is 16.2 Å². The molecule has 240 valence electrons. The summed E-state index contributed by atoms with van der Waals surface area (Å²) < 4.78 is 73.9. The van der Waals surface area contributed by atoms with E-state index < -0.39 is 57.6 Å². The molecule has 2 aliphatic rings. The molecular formula is C30H31F5N6O3S. The molecule has 1 saturated heterocycles. The van der Waals surface area contributed by atoms with Gasteiger partial charge in [0.2, 0.25) is 5.56 Å². The molecule has 15 heteroatoms. The number of nitrogens with zero attached hydrogens (tertiary/aromatic N) is 4. The molecular weight excluding hydrogens is 619 g/mol. The summed E-state index contributed by atoms with van der Waals surface area (Å²) in [7, 11) is 1.91. The number of anilines is 2. The van der Waals surface area contributed by atoms with Crippen molar-refractivity contribution >= 4 is 40.1 Å². The molecule has 2 aromatic heterocycles. The Kier molecular flexibility index (Phi) is 8.86. The lowest BCUT2D eigenvalue weighted by Gasteiger charge is -2.44. The Hall–Kier alpha value is -4.11. The molecule has 0 aliphatic carbocycles. The number of alkyl halides is 3. The number of H-pyrrole nitrogens is 1. The Morgan fingerprint density at radius 1 is 1.13 bits per heavy atom. The minimum absolute atomic E-state index is 0.0471. The Labute approximate surface area is 259 Å². The molecule has 0 bridgehead atoms. The average Bonchev–Trinajstić information content (AvgIpc) is 3.42. The van der Waals surface area contributed by atoms with Crippen molar-refractivity contribution in [2.45, 2.75) is 45.5 Å². The molecule has 3 aromatic rings. The third kappa shape index (κ3) is 6.50. The normalized spacial score (nSPS) is 19.4. The Morgan fingerprint density at radius 2 is 1.82 bits per heavy atom. The maximum absolute atomic E-state index is 16.6. The van der Waals surface area contributed by atoms with E-state index >= 15 is 8.78 Å². The van der Waals surface area contributed by atoms with E-state index in [2.05, 4.69) is 20.2 Å². The fourth-order valence-corrected chi connectivity index (χ4v) is 6.25. The minimum Gasteiger partial charge on any atom is -0.367 e. The van der Waals surface area contributed by atoms with Crippen LogP contribution in [0.3, 0.4) is 0 Å². The number of thiazole rings is 1. The smallest absolute Gasteiger partial charge is 0.367 e. The lowest BCUT2D eigenvalue weighted by molar-refractivity contribution is -0.138. The largest absolute Gasteiger partial charge is 0.417 e. The van der Waals surface area contributed by atoms with Crippen LogP contribution in [0.5, 0.6) is 0 Å². The number of piperazine rings is 1. The van der Waals surface area contributed by atoms with E-state index in [1.54, 1.807) is 23.3 Å². The second-order valence-corrected chi connectivity index (χ2v) is 12.3. The van der Waals surface area contributed by atoms with Crippen LogP contribution >= 0.6 is 11.3 Å². The van der Waals surface area contributed by atoms with Gasteiger partial charge in [0.1, 0.15) is 17.2 Å². The summed E-state index contributed by atoms with van der Waals surface area (Å²) in [6, 6.07) is 1.18. The molecule has 0 saturated carbocycles. The molecule has 0 spiro atoms. The summed E-state index contributed by atoms with van der Waals surface area (Å²) in [5.74, 6) is -3.90. The van der Waals surface area contributed by atoms with Crippen LogP contribution in [0.4, 0.5) is 33.3 Å². The number of nitrogens with one attached hydrogen (secondary N) is 2. The first-order valence-corrected chi connectivity index (χ1v) is 15.0. The van der Waals surface area contributed by atoms with Crippen LogP contribution in [-0.2, 0) is 6.18 Å². The molecule has 5 rings (SSSR count). The van der Waals surface area contributed by atoms with Crippen molar-refractivity contribution in [3.8, 4) is 0 Å². The van der Waals surface area contributed by atoms with Crippen LogP contribution in [-0.4, -0.2) is 76.9 Å². The van der Waals surface area contributed by atoms with Gasteiger partial charge >= 0.3 is 6.18 Å². The fraction of sp³-hybridized carbons (Fsp3) is 0.400. The number of likely N-dealkylation sites (N-methyl/N-ethyl adjacent to an activating group) is 1. The van der Waals surface area contributed by atoms with Crippen molar-refractivity contribution in [1.29, 1.82) is 0 Å². The van der Waals surface area contributed by atoms with E-state index in [4.69, 9.17) is 0 Å². The number of benzene rings is 1. The van der Waals surface area contributed by atoms with E-state index in [0.717, 1.165) is 6.07 Å². The van der Waals surface area contributed by atoms with Gasteiger partial charge in [-0.2, -0.15) is 13.2 Å². The highest BCUT2D eigenvalue weighted by Crippen LogP contribution is 2.39. The number of carbonyl (C=O) groups is 2. The van der Waals surface area contributed by atoms with Crippen molar-refractivity contribution in [1.82, 2.24) is 19.8 Å². The number of hydrogen-bond donors (Lipinski definition) is 2. The topological polar surface area (TPSA) is 102 Å². The Bertz CT molecular complexity index is 1720. The average molecular weight is 651 g/mol. The number of hydrogen-bond acceptors (Lipinski definition) is 7. The van der Waals surface area contributed by atoms with Crippen molar-refractivity contribution in [2.24, 2.45) is 0 Å². The van der Waals surface area contributed by atoms with Crippen LogP contribution in [0, 0.1) is 18.6 Å². The zero-order chi connectivity index (χ0) is 32.8. The number of pyridine rings is 1. The molecule has 2 aliphatic heterocycles. The molecule has 1 aromatic carbocycles. The lowest BCUT2D eigenvalue weighted by atomic mass is 9.97. The van der Waals surface area contributed by atoms with Crippen molar-refractivity contribution in [3.05, 3.63) is 79.2 Å². The van der Waals surface area contributed by atoms with Gasteiger partial charge in [0.25, 0.3) is 11.8 Å². The molecule has 9 nitrogen and oxygen atoms in total. The number of aromatic nitrogens is 2. The predicted octanol–water partition coefficient (Wildman–Crippen LogP) is 5.15. The zero-order valence-electron chi connectivity index (χ0n) is 24.9. The van der Waals surface area contributed by atoms with Gasteiger partial charge in [0.15, 0.2) is 5.82 Å². The molecule has 1 fully saturated rings. The van der Waals surface area contributed by atoms with Gasteiger partial charge in [-0.05, 0) is 39.8 Å². The lowest BCUT2D eigenvalue weighted by Crippen LogP contribution is -2.55. The number of halogens is 5. The first kappa shape index (κ1) is 32.3. The van der Waals surface area contributed by atoms with Crippen LogP contribution in [0.25, 0.3) is 5.57 Å². The first-order chi connectivity index (χ1) is 21.1. The first-order valence-electron chi connectivity index (χ1n) is 14.2.